The molecule has 3 N–H and O–H groups in total. The number of nitro benzene ring substituents is 2. The molecule has 0 aliphatic heterocycles. The topological polar surface area (TPSA) is 151 Å². The molecule has 0 aliphatic carbocycles. The first-order chi connectivity index (χ1) is 11.5. The van der Waals surface area contributed by atoms with Gasteiger partial charge in [-0.05, 0) is 25.5 Å². The molecule has 0 heterocycles. The maximum atomic E-state index is 11.6. The lowest BCUT2D eigenvalue weighted by Gasteiger charge is -2.08. The molecule has 0 saturated heterocycles. The summed E-state index contributed by atoms with van der Waals surface area (Å²) in [6, 6.07) is 3.46. The molecule has 0 aliphatic rings. The first-order valence-electron chi connectivity index (χ1n) is 7.48. The Labute approximate surface area is 138 Å². The lowest BCUT2D eigenvalue weighted by atomic mass is 10.1. The third-order valence-electron chi connectivity index (χ3n) is 3.27. The summed E-state index contributed by atoms with van der Waals surface area (Å²) in [5.74, 6) is 0. The predicted octanol–water partition coefficient (Wildman–Crippen LogP) is 2.25. The van der Waals surface area contributed by atoms with Crippen LogP contribution in [-0.2, 0) is 11.3 Å². The zero-order chi connectivity index (χ0) is 17.9. The standard InChI is InChI=1S/C14H20N4O6/c15-8-3-1-2-4-9-16-14(19)24-10-11-12(17(20)21)6-5-7-13(11)18(22)23/h5-7H,1-4,8-10,15H2,(H,16,19). The number of ether oxygens (including phenoxy) is 1. The Balaban J connectivity index is 2.55. The van der Waals surface area contributed by atoms with Gasteiger partial charge in [0.05, 0.1) is 9.85 Å². The van der Waals surface area contributed by atoms with E-state index in [1.807, 2.05) is 0 Å². The minimum absolute atomic E-state index is 0.245. The number of rotatable bonds is 10. The van der Waals surface area contributed by atoms with Crippen LogP contribution in [0.3, 0.4) is 0 Å². The third-order valence-corrected chi connectivity index (χ3v) is 3.27. The van der Waals surface area contributed by atoms with Crippen molar-refractivity contribution in [2.75, 3.05) is 13.1 Å². The van der Waals surface area contributed by atoms with Gasteiger partial charge >= 0.3 is 6.09 Å². The Morgan fingerprint density at radius 3 is 2.21 bits per heavy atom. The molecule has 0 spiro atoms. The summed E-state index contributed by atoms with van der Waals surface area (Å²) in [6.07, 6.45) is 2.77. The minimum atomic E-state index is -0.777. The van der Waals surface area contributed by atoms with E-state index < -0.39 is 33.9 Å². The van der Waals surface area contributed by atoms with Gasteiger partial charge in [0.15, 0.2) is 0 Å². The Bertz CT molecular complexity index is 560. The van der Waals surface area contributed by atoms with Crippen LogP contribution in [0, 0.1) is 20.2 Å². The third kappa shape index (κ3) is 6.16. The van der Waals surface area contributed by atoms with Crippen LogP contribution in [0.15, 0.2) is 18.2 Å². The first kappa shape index (κ1) is 19.3. The molecule has 0 fully saturated rings. The molecular formula is C14H20N4O6. The minimum Gasteiger partial charge on any atom is -0.444 e. The molecule has 0 radical (unpaired) electrons. The van der Waals surface area contributed by atoms with Crippen molar-refractivity contribution >= 4 is 17.5 Å². The van der Waals surface area contributed by atoms with E-state index in [1.54, 1.807) is 0 Å². The molecule has 132 valence electrons. The largest absolute Gasteiger partial charge is 0.444 e. The molecule has 0 saturated carbocycles. The van der Waals surface area contributed by atoms with Gasteiger partial charge in [0.1, 0.15) is 12.2 Å². The Morgan fingerprint density at radius 1 is 1.08 bits per heavy atom. The molecule has 1 aromatic rings. The van der Waals surface area contributed by atoms with E-state index in [9.17, 15) is 25.0 Å². The second kappa shape index (κ2) is 10.1. The molecule has 10 heteroatoms. The molecule has 0 unspecified atom stereocenters. The molecule has 0 aromatic heterocycles. The normalized spacial score (nSPS) is 10.2. The number of nitrogens with one attached hydrogen (secondary N) is 1. The summed E-state index contributed by atoms with van der Waals surface area (Å²) in [6.45, 7) is 0.471. The fourth-order valence-corrected chi connectivity index (χ4v) is 2.05. The number of amides is 1. The van der Waals surface area contributed by atoms with Gasteiger partial charge in [-0.2, -0.15) is 0 Å². The number of benzene rings is 1. The molecule has 1 amide bonds. The van der Waals surface area contributed by atoms with E-state index in [0.717, 1.165) is 37.8 Å². The average Bonchev–Trinajstić information content (AvgIpc) is 2.55. The highest BCUT2D eigenvalue weighted by molar-refractivity contribution is 5.67. The number of hydrogen-bond acceptors (Lipinski definition) is 7. The Morgan fingerprint density at radius 2 is 1.67 bits per heavy atom. The number of carbonyl (C=O) groups is 1. The summed E-state index contributed by atoms with van der Waals surface area (Å²) >= 11 is 0. The molecular weight excluding hydrogens is 320 g/mol. The average molecular weight is 340 g/mol. The van der Waals surface area contributed by atoms with E-state index in [-0.39, 0.29) is 5.56 Å². The number of nitrogens with zero attached hydrogens (tertiary/aromatic N) is 2. The predicted molar refractivity (Wildman–Crippen MR) is 85.5 cm³/mol. The van der Waals surface area contributed by atoms with E-state index in [2.05, 4.69) is 5.32 Å². The van der Waals surface area contributed by atoms with Crippen molar-refractivity contribution in [1.29, 1.82) is 0 Å². The number of carbonyl (C=O) groups excluding carboxylic acids is 1. The van der Waals surface area contributed by atoms with Gasteiger partial charge in [-0.1, -0.05) is 12.8 Å². The van der Waals surface area contributed by atoms with Crippen molar-refractivity contribution in [3.05, 3.63) is 44.0 Å². The van der Waals surface area contributed by atoms with Gasteiger partial charge in [0.25, 0.3) is 11.4 Å². The fraction of sp³-hybridized carbons (Fsp3) is 0.500. The van der Waals surface area contributed by atoms with Crippen molar-refractivity contribution < 1.29 is 19.4 Å². The van der Waals surface area contributed by atoms with Crippen molar-refractivity contribution in [1.82, 2.24) is 5.32 Å². The second-order valence-corrected chi connectivity index (χ2v) is 4.99. The van der Waals surface area contributed by atoms with Gasteiger partial charge in [0.2, 0.25) is 0 Å². The van der Waals surface area contributed by atoms with Crippen LogP contribution in [-0.4, -0.2) is 29.0 Å². The van der Waals surface area contributed by atoms with Crippen LogP contribution in [0.25, 0.3) is 0 Å². The molecule has 1 rings (SSSR count). The highest BCUT2D eigenvalue weighted by Gasteiger charge is 2.25. The van der Waals surface area contributed by atoms with Crippen LogP contribution in [0.2, 0.25) is 0 Å². The zero-order valence-corrected chi connectivity index (χ0v) is 13.1. The highest BCUT2D eigenvalue weighted by Crippen LogP contribution is 2.28. The van der Waals surface area contributed by atoms with Crippen LogP contribution in [0.1, 0.15) is 31.2 Å². The zero-order valence-electron chi connectivity index (χ0n) is 13.1. The van der Waals surface area contributed by atoms with Gasteiger partial charge < -0.3 is 15.8 Å². The van der Waals surface area contributed by atoms with Gasteiger partial charge in [0, 0.05) is 18.7 Å². The molecule has 24 heavy (non-hydrogen) atoms. The quantitative estimate of drug-likeness (QED) is 0.376. The molecule has 1 aromatic carbocycles. The molecule has 0 atom stereocenters. The smallest absolute Gasteiger partial charge is 0.407 e. The lowest BCUT2D eigenvalue weighted by molar-refractivity contribution is -0.396. The van der Waals surface area contributed by atoms with Gasteiger partial charge in [-0.3, -0.25) is 20.2 Å². The van der Waals surface area contributed by atoms with Gasteiger partial charge in [-0.15, -0.1) is 0 Å². The number of hydrogen-bond donors (Lipinski definition) is 2. The number of nitro groups is 2. The summed E-state index contributed by atoms with van der Waals surface area (Å²) in [7, 11) is 0. The maximum Gasteiger partial charge on any atom is 0.407 e. The van der Waals surface area contributed by atoms with Gasteiger partial charge in [-0.25, -0.2) is 4.79 Å². The highest BCUT2D eigenvalue weighted by atomic mass is 16.6. The number of nitrogens with two attached hydrogens (primary N) is 1. The van der Waals surface area contributed by atoms with E-state index in [4.69, 9.17) is 10.5 Å². The number of alkyl carbamates (subject to hydrolysis) is 1. The van der Waals surface area contributed by atoms with Crippen LogP contribution in [0.4, 0.5) is 16.2 Å². The summed E-state index contributed by atoms with van der Waals surface area (Å²) < 4.78 is 4.86. The lowest BCUT2D eigenvalue weighted by Crippen LogP contribution is -2.25. The van der Waals surface area contributed by atoms with E-state index in [0.29, 0.717) is 13.1 Å². The van der Waals surface area contributed by atoms with Crippen molar-refractivity contribution in [3.8, 4) is 0 Å². The Hall–Kier alpha value is -2.75. The van der Waals surface area contributed by atoms with Crippen LogP contribution in [0.5, 0.6) is 0 Å². The monoisotopic (exact) mass is 340 g/mol. The fourth-order valence-electron chi connectivity index (χ4n) is 2.05. The van der Waals surface area contributed by atoms with E-state index in [1.165, 1.54) is 6.07 Å². The number of unbranched alkanes of at least 4 members (excludes halogenated alkanes) is 3. The van der Waals surface area contributed by atoms with Crippen molar-refractivity contribution in [2.45, 2.75) is 32.3 Å². The van der Waals surface area contributed by atoms with Crippen LogP contribution >= 0.6 is 0 Å². The SMILES string of the molecule is NCCCCCCNC(=O)OCc1c([N+](=O)[O-])cccc1[N+](=O)[O-]. The molecule has 0 bridgehead atoms. The Kier molecular flexibility index (Phi) is 8.13. The first-order valence-corrected chi connectivity index (χ1v) is 7.48. The van der Waals surface area contributed by atoms with Crippen LogP contribution < -0.4 is 11.1 Å². The van der Waals surface area contributed by atoms with E-state index >= 15 is 0 Å². The summed E-state index contributed by atoms with van der Waals surface area (Å²) in [5, 5.41) is 24.4. The van der Waals surface area contributed by atoms with Crippen molar-refractivity contribution in [3.63, 3.8) is 0 Å². The summed E-state index contributed by atoms with van der Waals surface area (Å²) in [5.41, 5.74) is 4.20. The maximum absolute atomic E-state index is 11.6. The second-order valence-electron chi connectivity index (χ2n) is 4.99. The van der Waals surface area contributed by atoms with Crippen molar-refractivity contribution in [2.24, 2.45) is 5.73 Å². The molecule has 10 nitrogen and oxygen atoms in total. The summed E-state index contributed by atoms with van der Waals surface area (Å²) in [4.78, 5) is 32.0.